The van der Waals surface area contributed by atoms with E-state index in [1.54, 1.807) is 48.2 Å². The van der Waals surface area contributed by atoms with E-state index in [2.05, 4.69) is 0 Å². The van der Waals surface area contributed by atoms with Crippen molar-refractivity contribution in [3.8, 4) is 0 Å². The Bertz CT molecular complexity index is 1200. The summed E-state index contributed by atoms with van der Waals surface area (Å²) in [6, 6.07) is 32.5. The van der Waals surface area contributed by atoms with Crippen molar-refractivity contribution in [3.05, 3.63) is 131 Å². The van der Waals surface area contributed by atoms with Gasteiger partial charge in [0.05, 0.1) is 0 Å². The normalized spacial score (nSPS) is 12.4. The van der Waals surface area contributed by atoms with E-state index in [0.29, 0.717) is 11.1 Å². The lowest BCUT2D eigenvalue weighted by atomic mass is 9.94. The van der Waals surface area contributed by atoms with Gasteiger partial charge in [0.25, 0.3) is 11.8 Å². The molecule has 0 spiro atoms. The number of amides is 2. The Kier molecular flexibility index (Phi) is 7.59. The van der Waals surface area contributed by atoms with E-state index < -0.39 is 12.1 Å². The van der Waals surface area contributed by atoms with Crippen LogP contribution in [0, 0.1) is 0 Å². The molecule has 0 unspecified atom stereocenters. The molecule has 4 N–H and O–H groups in total. The lowest BCUT2D eigenvalue weighted by molar-refractivity contribution is 0.0985. The Morgan fingerprint density at radius 2 is 0.833 bits per heavy atom. The number of rotatable bonds is 7. The minimum Gasteiger partial charge on any atom is -0.322 e. The maximum atomic E-state index is 12.7. The zero-order valence-electron chi connectivity index (χ0n) is 20.4. The van der Waals surface area contributed by atoms with E-state index in [9.17, 15) is 9.59 Å². The molecule has 6 heteroatoms. The molecule has 0 fully saturated rings. The molecule has 0 radical (unpaired) electrons. The first-order valence-corrected chi connectivity index (χ1v) is 11.7. The summed E-state index contributed by atoms with van der Waals surface area (Å²) in [7, 11) is 3.49. The van der Waals surface area contributed by atoms with Crippen LogP contribution in [0.1, 0.15) is 43.9 Å². The van der Waals surface area contributed by atoms with Crippen molar-refractivity contribution in [1.82, 2.24) is 0 Å². The first-order chi connectivity index (χ1) is 17.4. The van der Waals surface area contributed by atoms with Gasteiger partial charge in [-0.25, -0.2) is 0 Å². The number of nitrogens with two attached hydrogens (primary N) is 2. The predicted octanol–water partition coefficient (Wildman–Crippen LogP) is 4.94. The fourth-order valence-corrected chi connectivity index (χ4v) is 4.04. The van der Waals surface area contributed by atoms with Crippen molar-refractivity contribution < 1.29 is 9.59 Å². The largest absolute Gasteiger partial charge is 0.322 e. The standard InChI is InChI=1S/C30H30N4O2/c1-33(29(35)23-9-5-3-6-10-23)25-17-13-21(14-18-25)27(31)28(32)22-15-19-26(20-16-22)34(2)30(36)24-11-7-4-8-12-24/h3-20,27-28H,31-32H2,1-2H3/t27-,28-/m1/s1. The van der Waals surface area contributed by atoms with Crippen molar-refractivity contribution >= 4 is 23.2 Å². The number of nitrogens with zero attached hydrogens (tertiary/aromatic N) is 2. The highest BCUT2D eigenvalue weighted by molar-refractivity contribution is 6.06. The minimum absolute atomic E-state index is 0.0832. The van der Waals surface area contributed by atoms with Gasteiger partial charge >= 0.3 is 0 Å². The molecule has 2 amide bonds. The Hall–Kier alpha value is -4.26. The van der Waals surface area contributed by atoms with Gasteiger partial charge in [0, 0.05) is 48.7 Å². The number of hydrogen-bond donors (Lipinski definition) is 2. The zero-order chi connectivity index (χ0) is 25.7. The maximum absolute atomic E-state index is 12.7. The average Bonchev–Trinajstić information content (AvgIpc) is 2.96. The van der Waals surface area contributed by atoms with E-state index in [1.165, 1.54) is 0 Å². The van der Waals surface area contributed by atoms with Gasteiger partial charge in [-0.2, -0.15) is 0 Å². The van der Waals surface area contributed by atoms with Crippen molar-refractivity contribution in [2.45, 2.75) is 12.1 Å². The number of carbonyl (C=O) groups excluding carboxylic acids is 2. The summed E-state index contributed by atoms with van der Waals surface area (Å²) in [4.78, 5) is 28.6. The van der Waals surface area contributed by atoms with Crippen LogP contribution in [0.25, 0.3) is 0 Å². The second-order valence-electron chi connectivity index (χ2n) is 8.70. The molecular weight excluding hydrogens is 448 g/mol. The molecule has 0 aliphatic rings. The first-order valence-electron chi connectivity index (χ1n) is 11.7. The molecule has 0 aliphatic carbocycles. The van der Waals surface area contributed by atoms with Crippen molar-refractivity contribution in [3.63, 3.8) is 0 Å². The molecule has 36 heavy (non-hydrogen) atoms. The van der Waals surface area contributed by atoms with E-state index in [-0.39, 0.29) is 11.8 Å². The Labute approximate surface area is 211 Å². The SMILES string of the molecule is CN(C(=O)c1ccccc1)c1ccc([C@@H](N)[C@H](N)c2ccc(N(C)C(=O)c3ccccc3)cc2)cc1. The average molecular weight is 479 g/mol. The van der Waals surface area contributed by atoms with Crippen LogP contribution in [0.2, 0.25) is 0 Å². The Morgan fingerprint density at radius 3 is 1.14 bits per heavy atom. The minimum atomic E-state index is -0.441. The van der Waals surface area contributed by atoms with Crippen molar-refractivity contribution in [2.75, 3.05) is 23.9 Å². The van der Waals surface area contributed by atoms with Gasteiger partial charge in [0.2, 0.25) is 0 Å². The molecule has 182 valence electrons. The molecule has 0 bridgehead atoms. The van der Waals surface area contributed by atoms with E-state index in [0.717, 1.165) is 22.5 Å². The topological polar surface area (TPSA) is 92.7 Å². The molecular formula is C30H30N4O2. The van der Waals surface area contributed by atoms with Crippen molar-refractivity contribution in [2.24, 2.45) is 11.5 Å². The van der Waals surface area contributed by atoms with E-state index in [4.69, 9.17) is 11.5 Å². The Morgan fingerprint density at radius 1 is 0.528 bits per heavy atom. The molecule has 0 aliphatic heterocycles. The van der Waals surface area contributed by atoms with Crippen molar-refractivity contribution in [1.29, 1.82) is 0 Å². The van der Waals surface area contributed by atoms with E-state index >= 15 is 0 Å². The van der Waals surface area contributed by atoms with Gasteiger partial charge in [0.1, 0.15) is 0 Å². The highest BCUT2D eigenvalue weighted by Gasteiger charge is 2.20. The molecule has 2 atom stereocenters. The van der Waals surface area contributed by atoms with Crippen LogP contribution < -0.4 is 21.3 Å². The quantitative estimate of drug-likeness (QED) is 0.394. The lowest BCUT2D eigenvalue weighted by Crippen LogP contribution is -2.28. The molecule has 4 aromatic rings. The summed E-state index contributed by atoms with van der Waals surface area (Å²) in [6.07, 6.45) is 0. The summed E-state index contributed by atoms with van der Waals surface area (Å²) in [5.74, 6) is -0.166. The summed E-state index contributed by atoms with van der Waals surface area (Å²) >= 11 is 0. The molecule has 0 saturated heterocycles. The van der Waals surface area contributed by atoms with Crippen LogP contribution in [0.5, 0.6) is 0 Å². The monoisotopic (exact) mass is 478 g/mol. The predicted molar refractivity (Wildman–Crippen MR) is 145 cm³/mol. The van der Waals surface area contributed by atoms with Crippen LogP contribution in [0.3, 0.4) is 0 Å². The van der Waals surface area contributed by atoms with Crippen LogP contribution in [0.15, 0.2) is 109 Å². The number of benzene rings is 4. The third-order valence-electron chi connectivity index (χ3n) is 6.37. The second-order valence-corrected chi connectivity index (χ2v) is 8.70. The molecule has 0 heterocycles. The van der Waals surface area contributed by atoms with Crippen LogP contribution in [-0.4, -0.2) is 25.9 Å². The summed E-state index contributed by atoms with van der Waals surface area (Å²) in [6.45, 7) is 0. The number of hydrogen-bond acceptors (Lipinski definition) is 4. The molecule has 0 saturated carbocycles. The zero-order valence-corrected chi connectivity index (χ0v) is 20.4. The van der Waals surface area contributed by atoms with Crippen LogP contribution in [-0.2, 0) is 0 Å². The molecule has 0 aromatic heterocycles. The molecule has 6 nitrogen and oxygen atoms in total. The highest BCUT2D eigenvalue weighted by Crippen LogP contribution is 2.28. The fourth-order valence-electron chi connectivity index (χ4n) is 4.04. The second kappa shape index (κ2) is 11.0. The van der Waals surface area contributed by atoms with Crippen LogP contribution >= 0.6 is 0 Å². The van der Waals surface area contributed by atoms with E-state index in [1.807, 2.05) is 84.9 Å². The third kappa shape index (κ3) is 5.35. The highest BCUT2D eigenvalue weighted by atomic mass is 16.2. The van der Waals surface area contributed by atoms with Gasteiger partial charge in [-0.15, -0.1) is 0 Å². The van der Waals surface area contributed by atoms with Gasteiger partial charge in [0.15, 0.2) is 0 Å². The van der Waals surface area contributed by atoms with Gasteiger partial charge in [-0.05, 0) is 59.7 Å². The summed E-state index contributed by atoms with van der Waals surface area (Å²) in [5.41, 5.74) is 17.5. The summed E-state index contributed by atoms with van der Waals surface area (Å²) in [5, 5.41) is 0. The number of anilines is 2. The Balaban J connectivity index is 1.43. The van der Waals surface area contributed by atoms with Gasteiger partial charge < -0.3 is 21.3 Å². The smallest absolute Gasteiger partial charge is 0.258 e. The van der Waals surface area contributed by atoms with Gasteiger partial charge in [-0.1, -0.05) is 60.7 Å². The maximum Gasteiger partial charge on any atom is 0.258 e. The van der Waals surface area contributed by atoms with Crippen LogP contribution in [0.4, 0.5) is 11.4 Å². The number of carbonyl (C=O) groups is 2. The van der Waals surface area contributed by atoms with Gasteiger partial charge in [-0.3, -0.25) is 9.59 Å². The fraction of sp³-hybridized carbons (Fsp3) is 0.133. The summed E-state index contributed by atoms with van der Waals surface area (Å²) < 4.78 is 0. The third-order valence-corrected chi connectivity index (χ3v) is 6.37. The molecule has 4 aromatic carbocycles. The lowest BCUT2D eigenvalue weighted by Gasteiger charge is -2.23. The molecule has 4 rings (SSSR count). The first kappa shape index (κ1) is 24.9.